The molecule has 0 saturated heterocycles. The fourth-order valence-electron chi connectivity index (χ4n) is 2.51. The van der Waals surface area contributed by atoms with Gasteiger partial charge in [-0.05, 0) is 37.3 Å². The predicted octanol–water partition coefficient (Wildman–Crippen LogP) is 2.34. The molecule has 0 spiro atoms. The molecular formula is C20H16FN5O2. The molecule has 28 heavy (non-hydrogen) atoms. The third kappa shape index (κ3) is 3.88. The molecule has 0 aliphatic rings. The summed E-state index contributed by atoms with van der Waals surface area (Å²) in [6, 6.07) is 7.36. The summed E-state index contributed by atoms with van der Waals surface area (Å²) in [6.45, 7) is 1.73. The number of aryl methyl sites for hydroxylation is 1. The maximum absolute atomic E-state index is 14.0. The van der Waals surface area contributed by atoms with Gasteiger partial charge in [-0.15, -0.1) is 0 Å². The highest BCUT2D eigenvalue weighted by atomic mass is 19.1. The maximum Gasteiger partial charge on any atom is 0.340 e. The van der Waals surface area contributed by atoms with E-state index in [0.717, 1.165) is 6.07 Å². The van der Waals surface area contributed by atoms with Crippen LogP contribution in [-0.4, -0.2) is 28.0 Å². The van der Waals surface area contributed by atoms with Gasteiger partial charge in [-0.1, -0.05) is 11.8 Å². The van der Waals surface area contributed by atoms with Crippen LogP contribution in [-0.2, 0) is 4.74 Å². The van der Waals surface area contributed by atoms with Gasteiger partial charge in [0.15, 0.2) is 0 Å². The first-order chi connectivity index (χ1) is 13.4. The van der Waals surface area contributed by atoms with Crippen molar-refractivity contribution in [3.05, 3.63) is 64.7 Å². The number of carbonyl (C=O) groups excluding carboxylic acids is 1. The van der Waals surface area contributed by atoms with Gasteiger partial charge in [-0.25, -0.2) is 24.1 Å². The molecule has 4 N–H and O–H groups in total. The Morgan fingerprint density at radius 3 is 2.61 bits per heavy atom. The van der Waals surface area contributed by atoms with Crippen molar-refractivity contribution in [1.29, 1.82) is 0 Å². The van der Waals surface area contributed by atoms with Gasteiger partial charge >= 0.3 is 5.97 Å². The number of aromatic nitrogens is 3. The first-order valence-electron chi connectivity index (χ1n) is 8.15. The Balaban J connectivity index is 2.15. The van der Waals surface area contributed by atoms with Gasteiger partial charge in [-0.2, -0.15) is 0 Å². The molecule has 1 aromatic carbocycles. The zero-order chi connectivity index (χ0) is 20.3. The van der Waals surface area contributed by atoms with Crippen LogP contribution in [0.2, 0.25) is 0 Å². The second-order valence-electron chi connectivity index (χ2n) is 5.80. The fraction of sp³-hybridized carbons (Fsp3) is 0.100. The minimum Gasteiger partial charge on any atom is -0.465 e. The van der Waals surface area contributed by atoms with Gasteiger partial charge in [0.2, 0.25) is 5.95 Å². The highest BCUT2D eigenvalue weighted by Gasteiger charge is 2.17. The van der Waals surface area contributed by atoms with Gasteiger partial charge in [0.25, 0.3) is 0 Å². The van der Waals surface area contributed by atoms with Crippen LogP contribution in [0.5, 0.6) is 0 Å². The van der Waals surface area contributed by atoms with Gasteiger partial charge in [0.1, 0.15) is 11.6 Å². The molecule has 2 heterocycles. The van der Waals surface area contributed by atoms with Crippen molar-refractivity contribution in [2.24, 2.45) is 0 Å². The first kappa shape index (κ1) is 18.8. The Hall–Kier alpha value is -3.99. The number of benzene rings is 1. The Morgan fingerprint density at radius 2 is 1.93 bits per heavy atom. The van der Waals surface area contributed by atoms with E-state index in [1.165, 1.54) is 19.2 Å². The zero-order valence-electron chi connectivity index (χ0n) is 15.2. The average molecular weight is 377 g/mol. The summed E-state index contributed by atoms with van der Waals surface area (Å²) < 4.78 is 18.6. The summed E-state index contributed by atoms with van der Waals surface area (Å²) in [4.78, 5) is 24.2. The molecule has 140 valence electrons. The van der Waals surface area contributed by atoms with Crippen LogP contribution < -0.4 is 11.5 Å². The minimum absolute atomic E-state index is 0.0381. The fourth-order valence-corrected chi connectivity index (χ4v) is 2.51. The molecular weight excluding hydrogens is 361 g/mol. The molecule has 0 aliphatic carbocycles. The van der Waals surface area contributed by atoms with E-state index < -0.39 is 11.8 Å². The summed E-state index contributed by atoms with van der Waals surface area (Å²) in [6.07, 6.45) is 1.54. The SMILES string of the molecule is COC(=O)c1cc(-c2nc(N)nc(C)c2C#Cc2ccc(N)nc2)ccc1F. The number of anilines is 2. The summed E-state index contributed by atoms with van der Waals surface area (Å²) >= 11 is 0. The molecule has 0 fully saturated rings. The Labute approximate surface area is 160 Å². The smallest absolute Gasteiger partial charge is 0.340 e. The largest absolute Gasteiger partial charge is 0.465 e. The lowest BCUT2D eigenvalue weighted by Crippen LogP contribution is -2.06. The van der Waals surface area contributed by atoms with E-state index in [4.69, 9.17) is 11.5 Å². The van der Waals surface area contributed by atoms with Gasteiger partial charge < -0.3 is 16.2 Å². The molecule has 0 amide bonds. The minimum atomic E-state index is -0.793. The number of hydrogen-bond acceptors (Lipinski definition) is 7. The number of carbonyl (C=O) groups is 1. The van der Waals surface area contributed by atoms with Crippen LogP contribution in [0.1, 0.15) is 27.2 Å². The molecule has 2 aromatic heterocycles. The third-order valence-corrected chi connectivity index (χ3v) is 3.87. The van der Waals surface area contributed by atoms with Crippen molar-refractivity contribution in [2.75, 3.05) is 18.6 Å². The highest BCUT2D eigenvalue weighted by molar-refractivity contribution is 5.91. The molecule has 0 bridgehead atoms. The number of pyridine rings is 1. The molecule has 0 unspecified atom stereocenters. The molecule has 0 saturated carbocycles. The van der Waals surface area contributed by atoms with E-state index in [1.54, 1.807) is 25.3 Å². The number of methoxy groups -OCH3 is 1. The second kappa shape index (κ2) is 7.72. The molecule has 0 atom stereocenters. The van der Waals surface area contributed by atoms with Crippen molar-refractivity contribution >= 4 is 17.7 Å². The van der Waals surface area contributed by atoms with Gasteiger partial charge in [0, 0.05) is 17.3 Å². The Kier molecular flexibility index (Phi) is 5.18. The highest BCUT2D eigenvalue weighted by Crippen LogP contribution is 2.26. The number of rotatable bonds is 2. The number of halogens is 1. The van der Waals surface area contributed by atoms with Gasteiger partial charge in [-0.3, -0.25) is 0 Å². The molecule has 0 aliphatic heterocycles. The zero-order valence-corrected chi connectivity index (χ0v) is 15.2. The number of esters is 1. The molecule has 7 nitrogen and oxygen atoms in total. The quantitative estimate of drug-likeness (QED) is 0.520. The van der Waals surface area contributed by atoms with Crippen LogP contribution in [0.4, 0.5) is 16.2 Å². The second-order valence-corrected chi connectivity index (χ2v) is 5.80. The number of hydrogen-bond donors (Lipinski definition) is 2. The Bertz CT molecular complexity index is 1120. The molecule has 3 rings (SSSR count). The van der Waals surface area contributed by atoms with E-state index in [2.05, 4.69) is 31.5 Å². The van der Waals surface area contributed by atoms with E-state index in [-0.39, 0.29) is 11.5 Å². The average Bonchev–Trinajstić information content (AvgIpc) is 2.68. The molecule has 0 radical (unpaired) electrons. The van der Waals surface area contributed by atoms with Crippen LogP contribution in [0, 0.1) is 24.6 Å². The van der Waals surface area contributed by atoms with E-state index in [1.807, 2.05) is 0 Å². The number of nitrogens with two attached hydrogens (primary N) is 2. The van der Waals surface area contributed by atoms with Crippen molar-refractivity contribution in [3.63, 3.8) is 0 Å². The van der Waals surface area contributed by atoms with Crippen LogP contribution >= 0.6 is 0 Å². The molecule has 3 aromatic rings. The van der Waals surface area contributed by atoms with Crippen molar-refractivity contribution in [3.8, 4) is 23.1 Å². The normalized spacial score (nSPS) is 10.1. The maximum atomic E-state index is 14.0. The van der Waals surface area contributed by atoms with Crippen LogP contribution in [0.15, 0.2) is 36.5 Å². The number of ether oxygens (including phenoxy) is 1. The van der Waals surface area contributed by atoms with Crippen molar-refractivity contribution in [1.82, 2.24) is 15.0 Å². The standard InChI is InChI=1S/C20H16FN5O2/c1-11-14(6-3-12-4-8-17(22)24-10-12)18(26-20(23)25-11)13-5-7-16(21)15(9-13)19(27)28-2/h4-5,7-10H,1-2H3,(H2,22,24)(H2,23,25,26). The lowest BCUT2D eigenvalue weighted by molar-refractivity contribution is 0.0595. The lowest BCUT2D eigenvalue weighted by atomic mass is 10.0. The van der Waals surface area contributed by atoms with Crippen LogP contribution in [0.3, 0.4) is 0 Å². The summed E-state index contributed by atoms with van der Waals surface area (Å²) in [5.41, 5.74) is 13.7. The molecule has 8 heteroatoms. The summed E-state index contributed by atoms with van der Waals surface area (Å²) in [5, 5.41) is 0. The third-order valence-electron chi connectivity index (χ3n) is 3.87. The Morgan fingerprint density at radius 1 is 1.14 bits per heavy atom. The monoisotopic (exact) mass is 377 g/mol. The lowest BCUT2D eigenvalue weighted by Gasteiger charge is -2.09. The number of nitrogen functional groups attached to an aromatic ring is 2. The van der Waals surface area contributed by atoms with Crippen molar-refractivity contribution in [2.45, 2.75) is 6.92 Å². The van der Waals surface area contributed by atoms with E-state index in [9.17, 15) is 9.18 Å². The van der Waals surface area contributed by atoms with E-state index in [0.29, 0.717) is 33.9 Å². The van der Waals surface area contributed by atoms with E-state index >= 15 is 0 Å². The number of nitrogens with zero attached hydrogens (tertiary/aromatic N) is 3. The predicted molar refractivity (Wildman–Crippen MR) is 103 cm³/mol. The topological polar surface area (TPSA) is 117 Å². The first-order valence-corrected chi connectivity index (χ1v) is 8.15. The van der Waals surface area contributed by atoms with Crippen LogP contribution in [0.25, 0.3) is 11.3 Å². The van der Waals surface area contributed by atoms with Crippen molar-refractivity contribution < 1.29 is 13.9 Å². The summed E-state index contributed by atoms with van der Waals surface area (Å²) in [7, 11) is 1.18. The summed E-state index contributed by atoms with van der Waals surface area (Å²) in [5.74, 6) is 4.90. The van der Waals surface area contributed by atoms with Gasteiger partial charge in [0.05, 0.1) is 29.6 Å².